The van der Waals surface area contributed by atoms with Crippen molar-refractivity contribution in [2.45, 2.75) is 25.0 Å². The van der Waals surface area contributed by atoms with Gasteiger partial charge in [-0.25, -0.2) is 0 Å². The van der Waals surface area contributed by atoms with Gasteiger partial charge in [-0.2, -0.15) is 5.26 Å². The number of nitrogens with zero attached hydrogens (tertiary/aromatic N) is 2. The Balaban J connectivity index is 1.63. The molecule has 0 aromatic heterocycles. The van der Waals surface area contributed by atoms with E-state index in [9.17, 15) is 5.11 Å². The quantitative estimate of drug-likeness (QED) is 0.889. The lowest BCUT2D eigenvalue weighted by Crippen LogP contribution is -2.62. The molecule has 0 amide bonds. The lowest BCUT2D eigenvalue weighted by atomic mass is 9.88. The monoisotopic (exact) mass is 258 g/mol. The number of ether oxygens (including phenoxy) is 1. The number of hydrogen-bond donors (Lipinski definition) is 1. The van der Waals surface area contributed by atoms with Crippen LogP contribution < -0.4 is 4.74 Å². The second-order valence-electron chi connectivity index (χ2n) is 5.67. The Kier molecular flexibility index (Phi) is 2.96. The average Bonchev–Trinajstić information content (AvgIpc) is 3.21. The Hall–Kier alpha value is -1.57. The summed E-state index contributed by atoms with van der Waals surface area (Å²) in [4.78, 5) is 2.22. The van der Waals surface area contributed by atoms with E-state index in [1.54, 1.807) is 7.11 Å². The van der Waals surface area contributed by atoms with E-state index in [1.165, 1.54) is 12.8 Å². The summed E-state index contributed by atoms with van der Waals surface area (Å²) >= 11 is 0. The zero-order valence-electron chi connectivity index (χ0n) is 11.1. The van der Waals surface area contributed by atoms with Crippen molar-refractivity contribution in [3.05, 3.63) is 29.3 Å². The average molecular weight is 258 g/mol. The van der Waals surface area contributed by atoms with Gasteiger partial charge in [0, 0.05) is 19.6 Å². The van der Waals surface area contributed by atoms with Crippen LogP contribution in [0.5, 0.6) is 5.75 Å². The Morgan fingerprint density at radius 1 is 1.47 bits per heavy atom. The van der Waals surface area contributed by atoms with Gasteiger partial charge in [0.15, 0.2) is 0 Å². The summed E-state index contributed by atoms with van der Waals surface area (Å²) in [5.74, 6) is 1.14. The summed E-state index contributed by atoms with van der Waals surface area (Å²) in [6.07, 6.45) is 2.34. The third kappa shape index (κ3) is 2.32. The summed E-state index contributed by atoms with van der Waals surface area (Å²) < 4.78 is 5.13. The Morgan fingerprint density at radius 2 is 2.21 bits per heavy atom. The molecule has 1 aliphatic heterocycles. The van der Waals surface area contributed by atoms with Crippen LogP contribution in [-0.2, 0) is 6.54 Å². The van der Waals surface area contributed by atoms with E-state index in [0.29, 0.717) is 17.2 Å². The highest BCUT2D eigenvalue weighted by molar-refractivity contribution is 5.45. The number of β-amino-alcohol motifs (C(OH)–C–C–N with tert-alkyl or cyclic N) is 1. The molecule has 1 N–H and O–H groups in total. The van der Waals surface area contributed by atoms with Crippen molar-refractivity contribution in [1.82, 2.24) is 4.90 Å². The highest BCUT2D eigenvalue weighted by atomic mass is 16.5. The van der Waals surface area contributed by atoms with Crippen LogP contribution in [0.1, 0.15) is 24.0 Å². The number of rotatable bonds is 4. The van der Waals surface area contributed by atoms with E-state index in [4.69, 9.17) is 10.00 Å². The third-order valence-electron chi connectivity index (χ3n) is 4.12. The molecule has 0 spiro atoms. The summed E-state index contributed by atoms with van der Waals surface area (Å²) in [5, 5.41) is 19.3. The predicted octanol–water partition coefficient (Wildman–Crippen LogP) is 1.52. The van der Waals surface area contributed by atoms with Gasteiger partial charge in [-0.3, -0.25) is 4.90 Å². The second kappa shape index (κ2) is 4.52. The summed E-state index contributed by atoms with van der Waals surface area (Å²) in [5.41, 5.74) is 1.22. The molecule has 0 bridgehead atoms. The molecule has 1 aliphatic carbocycles. The molecule has 1 saturated carbocycles. The van der Waals surface area contributed by atoms with Gasteiger partial charge in [0.05, 0.1) is 18.3 Å². The standard InChI is InChI=1S/C15H18N2O2/c1-19-14-5-2-11(6-12(14)7-16)8-17-9-15(18,10-17)13-3-4-13/h2,5-6,13,18H,3-4,8-10H2,1H3. The van der Waals surface area contributed by atoms with Crippen LogP contribution >= 0.6 is 0 Å². The maximum Gasteiger partial charge on any atom is 0.136 e. The highest BCUT2D eigenvalue weighted by Gasteiger charge is 2.51. The van der Waals surface area contributed by atoms with Crippen LogP contribution in [0, 0.1) is 17.2 Å². The maximum atomic E-state index is 10.3. The summed E-state index contributed by atoms with van der Waals surface area (Å²) in [7, 11) is 1.57. The first kappa shape index (κ1) is 12.5. The van der Waals surface area contributed by atoms with Crippen molar-refractivity contribution in [1.29, 1.82) is 5.26 Å². The number of aliphatic hydroxyl groups is 1. The molecular formula is C15H18N2O2. The molecule has 2 aliphatic rings. The zero-order chi connectivity index (χ0) is 13.5. The first-order chi connectivity index (χ1) is 9.14. The maximum absolute atomic E-state index is 10.3. The van der Waals surface area contributed by atoms with E-state index in [0.717, 1.165) is 25.2 Å². The topological polar surface area (TPSA) is 56.5 Å². The van der Waals surface area contributed by atoms with Crippen molar-refractivity contribution in [3.63, 3.8) is 0 Å². The molecule has 3 rings (SSSR count). The van der Waals surface area contributed by atoms with E-state index in [2.05, 4.69) is 11.0 Å². The van der Waals surface area contributed by atoms with Crippen molar-refractivity contribution in [2.24, 2.45) is 5.92 Å². The van der Waals surface area contributed by atoms with Crippen molar-refractivity contribution in [2.75, 3.05) is 20.2 Å². The van der Waals surface area contributed by atoms with Gasteiger partial charge in [-0.15, -0.1) is 0 Å². The van der Waals surface area contributed by atoms with E-state index >= 15 is 0 Å². The van der Waals surface area contributed by atoms with Crippen LogP contribution in [0.25, 0.3) is 0 Å². The molecule has 4 heteroatoms. The fraction of sp³-hybridized carbons (Fsp3) is 0.533. The second-order valence-corrected chi connectivity index (χ2v) is 5.67. The molecule has 1 aromatic carbocycles. The van der Waals surface area contributed by atoms with Gasteiger partial charge in [0.25, 0.3) is 0 Å². The van der Waals surface area contributed by atoms with Crippen molar-refractivity contribution < 1.29 is 9.84 Å². The number of benzene rings is 1. The van der Waals surface area contributed by atoms with Gasteiger partial charge < -0.3 is 9.84 Å². The molecule has 1 aromatic rings. The predicted molar refractivity (Wildman–Crippen MR) is 70.7 cm³/mol. The number of methoxy groups -OCH3 is 1. The van der Waals surface area contributed by atoms with Crippen LogP contribution in [0.2, 0.25) is 0 Å². The molecule has 2 fully saturated rings. The fourth-order valence-electron chi connectivity index (χ4n) is 2.92. The third-order valence-corrected chi connectivity index (χ3v) is 4.12. The molecule has 1 heterocycles. The summed E-state index contributed by atoms with van der Waals surface area (Å²) in [6, 6.07) is 7.83. The number of likely N-dealkylation sites (tertiary alicyclic amines) is 1. The molecule has 19 heavy (non-hydrogen) atoms. The Bertz CT molecular complexity index is 525. The summed E-state index contributed by atoms with van der Waals surface area (Å²) in [6.45, 7) is 2.30. The minimum absolute atomic E-state index is 0.440. The molecule has 1 saturated heterocycles. The van der Waals surface area contributed by atoms with E-state index in [-0.39, 0.29) is 0 Å². The molecule has 0 unspecified atom stereocenters. The van der Waals surface area contributed by atoms with Crippen LogP contribution in [0.3, 0.4) is 0 Å². The van der Waals surface area contributed by atoms with Gasteiger partial charge in [0.2, 0.25) is 0 Å². The molecule has 4 nitrogen and oxygen atoms in total. The van der Waals surface area contributed by atoms with Crippen molar-refractivity contribution >= 4 is 0 Å². The van der Waals surface area contributed by atoms with Crippen molar-refractivity contribution in [3.8, 4) is 11.8 Å². The number of nitriles is 1. The van der Waals surface area contributed by atoms with Crippen LogP contribution in [0.4, 0.5) is 0 Å². The minimum Gasteiger partial charge on any atom is -0.495 e. The first-order valence-electron chi connectivity index (χ1n) is 6.66. The van der Waals surface area contributed by atoms with Crippen LogP contribution in [-0.4, -0.2) is 35.8 Å². The van der Waals surface area contributed by atoms with Gasteiger partial charge in [0.1, 0.15) is 11.8 Å². The van der Waals surface area contributed by atoms with E-state index in [1.807, 2.05) is 18.2 Å². The molecular weight excluding hydrogens is 240 g/mol. The smallest absolute Gasteiger partial charge is 0.136 e. The Labute approximate surface area is 113 Å². The molecule has 100 valence electrons. The van der Waals surface area contributed by atoms with Crippen LogP contribution in [0.15, 0.2) is 18.2 Å². The molecule has 0 radical (unpaired) electrons. The highest BCUT2D eigenvalue weighted by Crippen LogP contribution is 2.44. The SMILES string of the molecule is COc1ccc(CN2CC(O)(C3CC3)C2)cc1C#N. The van der Waals surface area contributed by atoms with E-state index < -0.39 is 5.60 Å². The largest absolute Gasteiger partial charge is 0.495 e. The van der Waals surface area contributed by atoms with Gasteiger partial charge >= 0.3 is 0 Å². The lowest BCUT2D eigenvalue weighted by molar-refractivity contribution is -0.116. The minimum atomic E-state index is -0.440. The number of hydrogen-bond acceptors (Lipinski definition) is 4. The normalized spacial score (nSPS) is 21.5. The fourth-order valence-corrected chi connectivity index (χ4v) is 2.92. The van der Waals surface area contributed by atoms with Gasteiger partial charge in [-0.1, -0.05) is 6.07 Å². The Morgan fingerprint density at radius 3 is 2.79 bits per heavy atom. The van der Waals surface area contributed by atoms with Gasteiger partial charge in [-0.05, 0) is 36.5 Å². The molecule has 0 atom stereocenters. The first-order valence-corrected chi connectivity index (χ1v) is 6.66. The zero-order valence-corrected chi connectivity index (χ0v) is 11.1. The lowest BCUT2D eigenvalue weighted by Gasteiger charge is -2.47.